The van der Waals surface area contributed by atoms with Gasteiger partial charge in [-0.25, -0.2) is 4.79 Å². The molecule has 0 bridgehead atoms. The number of aliphatic carboxylic acids is 1. The molecule has 5 nitrogen and oxygen atoms in total. The lowest BCUT2D eigenvalue weighted by atomic mass is 10.0. The fourth-order valence-electron chi connectivity index (χ4n) is 1.80. The van der Waals surface area contributed by atoms with Gasteiger partial charge >= 0.3 is 5.97 Å². The van der Waals surface area contributed by atoms with Crippen LogP contribution in [0.1, 0.15) is 17.2 Å². The summed E-state index contributed by atoms with van der Waals surface area (Å²) in [6, 6.07) is 4.74. The summed E-state index contributed by atoms with van der Waals surface area (Å²) in [5, 5.41) is 18.0. The van der Waals surface area contributed by atoms with Crippen LogP contribution < -0.4 is 4.90 Å². The van der Waals surface area contributed by atoms with Crippen molar-refractivity contribution in [3.63, 3.8) is 0 Å². The zero-order valence-electron chi connectivity index (χ0n) is 8.67. The number of benzene rings is 1. The average molecular weight is 221 g/mol. The predicted octanol–water partition coefficient (Wildman–Crippen LogP) is 0.323. The maximum Gasteiger partial charge on any atom is 0.337 e. The average Bonchev–Trinajstić information content (AvgIpc) is 2.53. The highest BCUT2D eigenvalue weighted by molar-refractivity contribution is 6.01. The number of hydrogen-bond acceptors (Lipinski definition) is 3. The molecule has 0 aliphatic carbocycles. The molecule has 0 saturated carbocycles. The Morgan fingerprint density at radius 3 is 2.81 bits per heavy atom. The lowest BCUT2D eigenvalue weighted by Gasteiger charge is -2.11. The van der Waals surface area contributed by atoms with E-state index in [1.54, 1.807) is 19.2 Å². The summed E-state index contributed by atoms with van der Waals surface area (Å²) in [6.07, 6.45) is -1.28. The molecule has 0 radical (unpaired) electrons. The van der Waals surface area contributed by atoms with E-state index < -0.39 is 12.1 Å². The van der Waals surface area contributed by atoms with Crippen molar-refractivity contribution in [2.24, 2.45) is 0 Å². The number of nitrogens with zero attached hydrogens (tertiary/aromatic N) is 1. The highest BCUT2D eigenvalue weighted by Crippen LogP contribution is 2.30. The van der Waals surface area contributed by atoms with Crippen molar-refractivity contribution in [2.75, 3.05) is 11.9 Å². The molecule has 0 spiro atoms. The summed E-state index contributed by atoms with van der Waals surface area (Å²) in [5.74, 6) is -1.32. The standard InChI is InChI=1S/C11H11NO4/c1-12-8-3-2-6(10(14)11(15)16)4-7(8)5-9(12)13/h2-4,10,14H,5H2,1H3,(H,15,16). The van der Waals surface area contributed by atoms with Crippen molar-refractivity contribution in [3.05, 3.63) is 29.3 Å². The first-order valence-corrected chi connectivity index (χ1v) is 4.81. The van der Waals surface area contributed by atoms with Gasteiger partial charge in [0.15, 0.2) is 6.10 Å². The Morgan fingerprint density at radius 2 is 2.19 bits per heavy atom. The zero-order valence-corrected chi connectivity index (χ0v) is 8.67. The smallest absolute Gasteiger partial charge is 0.337 e. The van der Waals surface area contributed by atoms with E-state index in [4.69, 9.17) is 5.11 Å². The molecule has 16 heavy (non-hydrogen) atoms. The van der Waals surface area contributed by atoms with Crippen LogP contribution in [-0.2, 0) is 16.0 Å². The van der Waals surface area contributed by atoms with Gasteiger partial charge < -0.3 is 15.1 Å². The second-order valence-electron chi connectivity index (χ2n) is 3.76. The van der Waals surface area contributed by atoms with Crippen molar-refractivity contribution in [2.45, 2.75) is 12.5 Å². The monoisotopic (exact) mass is 221 g/mol. The number of fused-ring (bicyclic) bond motifs is 1. The number of aliphatic hydroxyl groups is 1. The Labute approximate surface area is 91.9 Å². The Morgan fingerprint density at radius 1 is 1.50 bits per heavy atom. The molecule has 2 rings (SSSR count). The van der Waals surface area contributed by atoms with Crippen LogP contribution in [0.4, 0.5) is 5.69 Å². The lowest BCUT2D eigenvalue weighted by molar-refractivity contribution is -0.146. The molecule has 0 fully saturated rings. The third-order valence-corrected chi connectivity index (χ3v) is 2.73. The number of rotatable bonds is 2. The van der Waals surface area contributed by atoms with E-state index in [2.05, 4.69) is 0 Å². The minimum atomic E-state index is -1.54. The van der Waals surface area contributed by atoms with E-state index in [-0.39, 0.29) is 12.3 Å². The van der Waals surface area contributed by atoms with Crippen molar-refractivity contribution >= 4 is 17.6 Å². The molecule has 0 aromatic heterocycles. The van der Waals surface area contributed by atoms with Crippen LogP contribution in [0, 0.1) is 0 Å². The molecule has 5 heteroatoms. The van der Waals surface area contributed by atoms with Gasteiger partial charge in [0.2, 0.25) is 5.91 Å². The minimum Gasteiger partial charge on any atom is -0.479 e. The van der Waals surface area contributed by atoms with Crippen LogP contribution in [0.3, 0.4) is 0 Å². The third kappa shape index (κ3) is 1.55. The van der Waals surface area contributed by atoms with E-state index in [9.17, 15) is 14.7 Å². The normalized spacial score (nSPS) is 16.1. The Bertz CT molecular complexity index is 469. The summed E-state index contributed by atoms with van der Waals surface area (Å²) in [6.45, 7) is 0. The molecule has 1 aromatic carbocycles. The molecule has 84 valence electrons. The number of carboxylic acid groups (broad SMARTS) is 1. The molecule has 1 heterocycles. The SMILES string of the molecule is CN1C(=O)Cc2cc(C(O)C(=O)O)ccc21. The number of carbonyl (C=O) groups is 2. The maximum atomic E-state index is 11.4. The molecular formula is C11H11NO4. The van der Waals surface area contributed by atoms with Gasteiger partial charge in [0.1, 0.15) is 0 Å². The van der Waals surface area contributed by atoms with Gasteiger partial charge in [0, 0.05) is 12.7 Å². The quantitative estimate of drug-likeness (QED) is 0.754. The first-order chi connectivity index (χ1) is 7.50. The first-order valence-electron chi connectivity index (χ1n) is 4.81. The van der Waals surface area contributed by atoms with Crippen LogP contribution in [0.25, 0.3) is 0 Å². The van der Waals surface area contributed by atoms with E-state index in [1.165, 1.54) is 11.0 Å². The summed E-state index contributed by atoms with van der Waals surface area (Å²) >= 11 is 0. The number of amides is 1. The van der Waals surface area contributed by atoms with Gasteiger partial charge in [-0.3, -0.25) is 4.79 Å². The van der Waals surface area contributed by atoms with Gasteiger partial charge in [-0.2, -0.15) is 0 Å². The number of hydrogen-bond donors (Lipinski definition) is 2. The fraction of sp³-hybridized carbons (Fsp3) is 0.273. The largest absolute Gasteiger partial charge is 0.479 e. The summed E-state index contributed by atoms with van der Waals surface area (Å²) < 4.78 is 0. The van der Waals surface area contributed by atoms with Crippen molar-refractivity contribution < 1.29 is 19.8 Å². The lowest BCUT2D eigenvalue weighted by Crippen LogP contribution is -2.20. The number of carbonyl (C=O) groups excluding carboxylic acids is 1. The number of carboxylic acids is 1. The third-order valence-electron chi connectivity index (χ3n) is 2.73. The molecule has 1 atom stereocenters. The molecule has 1 aliphatic rings. The maximum absolute atomic E-state index is 11.4. The second-order valence-corrected chi connectivity index (χ2v) is 3.76. The molecular weight excluding hydrogens is 210 g/mol. The Hall–Kier alpha value is -1.88. The van der Waals surface area contributed by atoms with Crippen molar-refractivity contribution in [1.82, 2.24) is 0 Å². The van der Waals surface area contributed by atoms with Crippen molar-refractivity contribution in [1.29, 1.82) is 0 Å². The van der Waals surface area contributed by atoms with Gasteiger partial charge in [-0.15, -0.1) is 0 Å². The second kappa shape index (κ2) is 3.61. The predicted molar refractivity (Wildman–Crippen MR) is 56.2 cm³/mol. The summed E-state index contributed by atoms with van der Waals surface area (Å²) in [4.78, 5) is 23.5. The van der Waals surface area contributed by atoms with E-state index in [0.29, 0.717) is 5.56 Å². The zero-order chi connectivity index (χ0) is 11.9. The van der Waals surface area contributed by atoms with E-state index >= 15 is 0 Å². The molecule has 1 aromatic rings. The van der Waals surface area contributed by atoms with Crippen LogP contribution in [-0.4, -0.2) is 29.1 Å². The first kappa shape index (κ1) is 10.6. The van der Waals surface area contributed by atoms with Crippen molar-refractivity contribution in [3.8, 4) is 0 Å². The highest BCUT2D eigenvalue weighted by atomic mass is 16.4. The summed E-state index contributed by atoms with van der Waals surface area (Å²) in [7, 11) is 1.67. The van der Waals surface area contributed by atoms with Gasteiger partial charge in [-0.05, 0) is 17.2 Å². The molecule has 1 unspecified atom stereocenters. The fourth-order valence-corrected chi connectivity index (χ4v) is 1.80. The van der Waals surface area contributed by atoms with E-state index in [1.807, 2.05) is 0 Å². The number of likely N-dealkylation sites (N-methyl/N-ethyl adjacent to an activating group) is 1. The van der Waals surface area contributed by atoms with Crippen LogP contribution >= 0.6 is 0 Å². The van der Waals surface area contributed by atoms with Crippen LogP contribution in [0.5, 0.6) is 0 Å². The van der Waals surface area contributed by atoms with Gasteiger partial charge in [0.05, 0.1) is 6.42 Å². The molecule has 0 saturated heterocycles. The highest BCUT2D eigenvalue weighted by Gasteiger charge is 2.25. The van der Waals surface area contributed by atoms with Crippen LogP contribution in [0.15, 0.2) is 18.2 Å². The Kier molecular flexibility index (Phi) is 2.40. The van der Waals surface area contributed by atoms with Gasteiger partial charge in [-0.1, -0.05) is 12.1 Å². The summed E-state index contributed by atoms with van der Waals surface area (Å²) in [5.41, 5.74) is 1.82. The van der Waals surface area contributed by atoms with Gasteiger partial charge in [0.25, 0.3) is 0 Å². The Balaban J connectivity index is 2.39. The topological polar surface area (TPSA) is 77.8 Å². The minimum absolute atomic E-state index is 0.0306. The van der Waals surface area contributed by atoms with E-state index in [0.717, 1.165) is 11.3 Å². The number of anilines is 1. The molecule has 1 amide bonds. The molecule has 2 N–H and O–H groups in total. The molecule has 1 aliphatic heterocycles. The number of aliphatic hydroxyl groups excluding tert-OH is 1. The van der Waals surface area contributed by atoms with Crippen LogP contribution in [0.2, 0.25) is 0 Å².